The Labute approximate surface area is 83.1 Å². The number of alkyl halides is 3. The van der Waals surface area contributed by atoms with E-state index in [-0.39, 0.29) is 5.92 Å². The van der Waals surface area contributed by atoms with Gasteiger partial charge in [-0.25, -0.2) is 0 Å². The van der Waals surface area contributed by atoms with E-state index in [4.69, 9.17) is 0 Å². The minimum Gasteiger partial charge on any atom is -0.319 e. The van der Waals surface area contributed by atoms with Crippen LogP contribution in [0.3, 0.4) is 0 Å². The molecule has 1 fully saturated rings. The Hall–Kier alpha value is -0.250. The summed E-state index contributed by atoms with van der Waals surface area (Å²) in [6.45, 7) is 0.482. The van der Waals surface area contributed by atoms with E-state index in [0.29, 0.717) is 12.5 Å². The van der Waals surface area contributed by atoms with Crippen LogP contribution < -0.4 is 5.32 Å². The molecule has 0 bridgehead atoms. The van der Waals surface area contributed by atoms with Gasteiger partial charge in [-0.2, -0.15) is 13.2 Å². The van der Waals surface area contributed by atoms with Crippen LogP contribution in [0.15, 0.2) is 0 Å². The lowest BCUT2D eigenvalue weighted by Crippen LogP contribution is -2.28. The Morgan fingerprint density at radius 1 is 1.36 bits per heavy atom. The average molecular weight is 209 g/mol. The molecule has 1 atom stereocenters. The first kappa shape index (κ1) is 11.8. The summed E-state index contributed by atoms with van der Waals surface area (Å²) < 4.78 is 36.5. The predicted octanol–water partition coefficient (Wildman–Crippen LogP) is 2.96. The zero-order valence-corrected chi connectivity index (χ0v) is 8.53. The van der Waals surface area contributed by atoms with Gasteiger partial charge in [0.15, 0.2) is 0 Å². The third-order valence-electron chi connectivity index (χ3n) is 2.90. The molecule has 0 aromatic rings. The van der Waals surface area contributed by atoms with E-state index in [1.54, 1.807) is 7.05 Å². The maximum Gasteiger partial charge on any atom is 0.389 e. The van der Waals surface area contributed by atoms with Gasteiger partial charge in [0.05, 0.1) is 0 Å². The van der Waals surface area contributed by atoms with Gasteiger partial charge in [0, 0.05) is 6.42 Å². The molecular weight excluding hydrogens is 191 g/mol. The molecule has 0 aliphatic heterocycles. The minimum absolute atomic E-state index is 0.231. The third kappa shape index (κ3) is 4.31. The second-order valence-electron chi connectivity index (χ2n) is 4.28. The molecule has 0 spiro atoms. The van der Waals surface area contributed by atoms with Crippen LogP contribution in [-0.4, -0.2) is 19.8 Å². The molecule has 0 aromatic heterocycles. The zero-order chi connectivity index (χ0) is 10.6. The Kier molecular flexibility index (Phi) is 4.23. The van der Waals surface area contributed by atoms with Gasteiger partial charge in [0.2, 0.25) is 0 Å². The average Bonchev–Trinajstić information content (AvgIpc) is 1.94. The van der Waals surface area contributed by atoms with Crippen molar-refractivity contribution < 1.29 is 13.2 Å². The number of halogens is 3. The van der Waals surface area contributed by atoms with Gasteiger partial charge < -0.3 is 5.32 Å². The molecule has 0 aromatic carbocycles. The van der Waals surface area contributed by atoms with Crippen LogP contribution in [0.4, 0.5) is 13.2 Å². The molecule has 1 saturated carbocycles. The van der Waals surface area contributed by atoms with Crippen molar-refractivity contribution in [3.63, 3.8) is 0 Å². The monoisotopic (exact) mass is 209 g/mol. The smallest absolute Gasteiger partial charge is 0.319 e. The summed E-state index contributed by atoms with van der Waals surface area (Å²) >= 11 is 0. The molecule has 0 saturated heterocycles. The maximum absolute atomic E-state index is 12.2. The number of nitrogens with one attached hydrogen (secondary N) is 1. The summed E-state index contributed by atoms with van der Waals surface area (Å²) in [7, 11) is 1.71. The Balaban J connectivity index is 2.29. The second-order valence-corrected chi connectivity index (χ2v) is 4.28. The highest BCUT2D eigenvalue weighted by molar-refractivity contribution is 4.76. The third-order valence-corrected chi connectivity index (χ3v) is 2.90. The lowest BCUT2D eigenvalue weighted by Gasteiger charge is -2.30. The van der Waals surface area contributed by atoms with E-state index >= 15 is 0 Å². The van der Waals surface area contributed by atoms with Gasteiger partial charge >= 0.3 is 6.18 Å². The quantitative estimate of drug-likeness (QED) is 0.734. The molecular formula is C10H18F3N. The van der Waals surface area contributed by atoms with Crippen LogP contribution in [0, 0.1) is 11.8 Å². The Morgan fingerprint density at radius 3 is 2.36 bits per heavy atom. The van der Waals surface area contributed by atoms with E-state index in [1.165, 1.54) is 6.42 Å². The molecule has 0 heterocycles. The number of hydrogen-bond donors (Lipinski definition) is 1. The topological polar surface area (TPSA) is 12.0 Å². The predicted molar refractivity (Wildman–Crippen MR) is 50.0 cm³/mol. The van der Waals surface area contributed by atoms with Gasteiger partial charge in [0.1, 0.15) is 0 Å². The molecule has 1 aliphatic carbocycles. The van der Waals surface area contributed by atoms with Gasteiger partial charge in [-0.3, -0.25) is 0 Å². The first-order chi connectivity index (χ1) is 6.51. The van der Waals surface area contributed by atoms with Gasteiger partial charge in [0.25, 0.3) is 0 Å². The summed E-state index contributed by atoms with van der Waals surface area (Å²) in [5.74, 6) is 0.320. The fraction of sp³-hybridized carbons (Fsp3) is 1.00. The minimum atomic E-state index is -4.01. The van der Waals surface area contributed by atoms with Crippen LogP contribution >= 0.6 is 0 Å². The molecule has 0 unspecified atom stereocenters. The summed E-state index contributed by atoms with van der Waals surface area (Å²) in [6, 6.07) is 0. The van der Waals surface area contributed by atoms with Gasteiger partial charge in [-0.05, 0) is 31.8 Å². The molecule has 4 heteroatoms. The summed E-state index contributed by atoms with van der Waals surface area (Å²) in [5.41, 5.74) is 0. The van der Waals surface area contributed by atoms with Crippen LogP contribution in [0.25, 0.3) is 0 Å². The molecule has 14 heavy (non-hydrogen) atoms. The van der Waals surface area contributed by atoms with E-state index in [9.17, 15) is 13.2 Å². The Bertz CT molecular complexity index is 163. The van der Waals surface area contributed by atoms with Crippen molar-refractivity contribution in [3.8, 4) is 0 Å². The molecule has 1 aliphatic rings. The van der Waals surface area contributed by atoms with E-state index in [1.807, 2.05) is 0 Å². The normalized spacial score (nSPS) is 20.6. The van der Waals surface area contributed by atoms with Crippen LogP contribution in [-0.2, 0) is 0 Å². The zero-order valence-electron chi connectivity index (χ0n) is 8.53. The lowest BCUT2D eigenvalue weighted by atomic mass is 9.78. The van der Waals surface area contributed by atoms with Gasteiger partial charge in [-0.1, -0.05) is 19.3 Å². The molecule has 1 rings (SSSR count). The van der Waals surface area contributed by atoms with Crippen LogP contribution in [0.1, 0.15) is 32.1 Å². The van der Waals surface area contributed by atoms with E-state index in [0.717, 1.165) is 19.3 Å². The Morgan fingerprint density at radius 2 is 2.00 bits per heavy atom. The summed E-state index contributed by atoms with van der Waals surface area (Å²) in [5, 5.41) is 2.84. The van der Waals surface area contributed by atoms with Crippen molar-refractivity contribution in [2.45, 2.75) is 38.3 Å². The van der Waals surface area contributed by atoms with Crippen molar-refractivity contribution in [1.82, 2.24) is 5.32 Å². The van der Waals surface area contributed by atoms with Crippen molar-refractivity contribution in [2.75, 3.05) is 13.6 Å². The molecule has 84 valence electrons. The highest BCUT2D eigenvalue weighted by Gasteiger charge is 2.33. The molecule has 1 N–H and O–H groups in total. The fourth-order valence-electron chi connectivity index (χ4n) is 2.05. The van der Waals surface area contributed by atoms with Crippen molar-refractivity contribution in [1.29, 1.82) is 0 Å². The standard InChI is InChI=1S/C10H18F3N/c1-14-7-9(6-10(11,12)13)5-8-3-2-4-8/h8-9,14H,2-7H2,1H3/t9-/m1/s1. The lowest BCUT2D eigenvalue weighted by molar-refractivity contribution is -0.145. The van der Waals surface area contributed by atoms with Crippen molar-refractivity contribution in [3.05, 3.63) is 0 Å². The van der Waals surface area contributed by atoms with Crippen LogP contribution in [0.5, 0.6) is 0 Å². The van der Waals surface area contributed by atoms with Gasteiger partial charge in [-0.15, -0.1) is 0 Å². The highest BCUT2D eigenvalue weighted by Crippen LogP contribution is 2.35. The number of hydrogen-bond acceptors (Lipinski definition) is 1. The largest absolute Gasteiger partial charge is 0.389 e. The first-order valence-electron chi connectivity index (χ1n) is 5.22. The molecule has 0 amide bonds. The van der Waals surface area contributed by atoms with Crippen molar-refractivity contribution in [2.24, 2.45) is 11.8 Å². The number of rotatable bonds is 5. The highest BCUT2D eigenvalue weighted by atomic mass is 19.4. The van der Waals surface area contributed by atoms with E-state index in [2.05, 4.69) is 5.32 Å². The second kappa shape index (κ2) is 5.01. The fourth-order valence-corrected chi connectivity index (χ4v) is 2.05. The van der Waals surface area contributed by atoms with E-state index < -0.39 is 12.6 Å². The summed E-state index contributed by atoms with van der Waals surface area (Å²) in [4.78, 5) is 0. The molecule has 1 nitrogen and oxygen atoms in total. The SMILES string of the molecule is CNC[C@H](CC1CCC1)CC(F)(F)F. The summed E-state index contributed by atoms with van der Waals surface area (Å²) in [6.07, 6.45) is -0.463. The first-order valence-corrected chi connectivity index (χ1v) is 5.22. The van der Waals surface area contributed by atoms with Crippen LogP contribution in [0.2, 0.25) is 0 Å². The van der Waals surface area contributed by atoms with Crippen molar-refractivity contribution >= 4 is 0 Å². The molecule has 0 radical (unpaired) electrons. The maximum atomic E-state index is 12.2.